The van der Waals surface area contributed by atoms with E-state index in [0.29, 0.717) is 0 Å². The van der Waals surface area contributed by atoms with Crippen molar-refractivity contribution in [2.24, 2.45) is 0 Å². The Bertz CT molecular complexity index is 465. The first-order valence-corrected chi connectivity index (χ1v) is 4.97. The third-order valence-electron chi connectivity index (χ3n) is 1.99. The molecule has 17 heavy (non-hydrogen) atoms. The lowest BCUT2D eigenvalue weighted by Gasteiger charge is -2.11. The SMILES string of the molecule is CC(=O)Oc1ccccc1C(=O)C(=O)N(C)C. The number of hydrogen-bond acceptors (Lipinski definition) is 4. The molecular weight excluding hydrogens is 222 g/mol. The second-order valence-corrected chi connectivity index (χ2v) is 3.62. The fraction of sp³-hybridized carbons (Fsp3) is 0.250. The van der Waals surface area contributed by atoms with E-state index in [9.17, 15) is 14.4 Å². The minimum absolute atomic E-state index is 0.0846. The van der Waals surface area contributed by atoms with E-state index in [0.717, 1.165) is 0 Å². The minimum atomic E-state index is -0.702. The molecule has 1 amide bonds. The lowest BCUT2D eigenvalue weighted by atomic mass is 10.1. The molecule has 0 spiro atoms. The maximum absolute atomic E-state index is 11.8. The molecule has 0 atom stereocenters. The number of esters is 1. The highest BCUT2D eigenvalue weighted by molar-refractivity contribution is 6.43. The van der Waals surface area contributed by atoms with Crippen LogP contribution in [0.1, 0.15) is 17.3 Å². The van der Waals surface area contributed by atoms with Gasteiger partial charge in [-0.2, -0.15) is 0 Å². The van der Waals surface area contributed by atoms with E-state index in [1.54, 1.807) is 12.1 Å². The maximum Gasteiger partial charge on any atom is 0.308 e. The molecule has 0 aliphatic heterocycles. The summed E-state index contributed by atoms with van der Waals surface area (Å²) in [7, 11) is 2.96. The molecule has 5 nitrogen and oxygen atoms in total. The summed E-state index contributed by atoms with van der Waals surface area (Å²) in [5, 5.41) is 0. The van der Waals surface area contributed by atoms with Crippen LogP contribution in [0.2, 0.25) is 0 Å². The van der Waals surface area contributed by atoms with Gasteiger partial charge in [0.2, 0.25) is 0 Å². The lowest BCUT2D eigenvalue weighted by Crippen LogP contribution is -2.30. The fourth-order valence-corrected chi connectivity index (χ4v) is 1.22. The molecule has 0 unspecified atom stereocenters. The molecule has 0 heterocycles. The van der Waals surface area contributed by atoms with Crippen LogP contribution in [0.15, 0.2) is 24.3 Å². The number of likely N-dealkylation sites (N-methyl/N-ethyl adjacent to an activating group) is 1. The van der Waals surface area contributed by atoms with Crippen LogP contribution < -0.4 is 4.74 Å². The van der Waals surface area contributed by atoms with E-state index in [2.05, 4.69) is 0 Å². The third kappa shape index (κ3) is 3.14. The Morgan fingerprint density at radius 1 is 1.12 bits per heavy atom. The zero-order chi connectivity index (χ0) is 13.0. The lowest BCUT2D eigenvalue weighted by molar-refractivity contribution is -0.132. The first kappa shape index (κ1) is 12.9. The highest BCUT2D eigenvalue weighted by Crippen LogP contribution is 2.19. The normalized spacial score (nSPS) is 9.59. The Morgan fingerprint density at radius 2 is 1.71 bits per heavy atom. The monoisotopic (exact) mass is 235 g/mol. The number of para-hydroxylation sites is 1. The van der Waals surface area contributed by atoms with Gasteiger partial charge in [-0.15, -0.1) is 0 Å². The fourth-order valence-electron chi connectivity index (χ4n) is 1.22. The van der Waals surface area contributed by atoms with Crippen LogP contribution in [-0.4, -0.2) is 36.7 Å². The van der Waals surface area contributed by atoms with E-state index in [1.165, 1.54) is 38.1 Å². The molecule has 90 valence electrons. The van der Waals surface area contributed by atoms with Gasteiger partial charge in [-0.3, -0.25) is 14.4 Å². The van der Waals surface area contributed by atoms with Crippen LogP contribution in [0.5, 0.6) is 5.75 Å². The van der Waals surface area contributed by atoms with Gasteiger partial charge in [0.05, 0.1) is 5.56 Å². The van der Waals surface area contributed by atoms with Gasteiger partial charge in [-0.1, -0.05) is 12.1 Å². The molecule has 0 aliphatic carbocycles. The molecule has 0 aromatic heterocycles. The number of carbonyl (C=O) groups is 3. The Hall–Kier alpha value is -2.17. The van der Waals surface area contributed by atoms with Crippen molar-refractivity contribution in [2.45, 2.75) is 6.92 Å². The van der Waals surface area contributed by atoms with Crippen molar-refractivity contribution in [1.29, 1.82) is 0 Å². The highest BCUT2D eigenvalue weighted by atomic mass is 16.5. The van der Waals surface area contributed by atoms with Crippen LogP contribution in [0.4, 0.5) is 0 Å². The minimum Gasteiger partial charge on any atom is -0.426 e. The van der Waals surface area contributed by atoms with Crippen molar-refractivity contribution >= 4 is 17.7 Å². The number of rotatable bonds is 3. The molecule has 0 saturated heterocycles. The summed E-state index contributed by atoms with van der Waals surface area (Å²) >= 11 is 0. The van der Waals surface area contributed by atoms with Gasteiger partial charge in [0.15, 0.2) is 0 Å². The second kappa shape index (κ2) is 5.25. The Labute approximate surface area is 99.0 Å². The molecule has 1 aromatic carbocycles. The summed E-state index contributed by atoms with van der Waals surface area (Å²) in [6, 6.07) is 6.14. The van der Waals surface area contributed by atoms with Crippen molar-refractivity contribution < 1.29 is 19.1 Å². The van der Waals surface area contributed by atoms with Crippen molar-refractivity contribution in [2.75, 3.05) is 14.1 Å². The van der Waals surface area contributed by atoms with Gasteiger partial charge < -0.3 is 9.64 Å². The van der Waals surface area contributed by atoms with Crippen LogP contribution in [0.25, 0.3) is 0 Å². The molecule has 5 heteroatoms. The summed E-state index contributed by atoms with van der Waals surface area (Å²) in [6.07, 6.45) is 0. The summed E-state index contributed by atoms with van der Waals surface area (Å²) in [4.78, 5) is 35.4. The summed E-state index contributed by atoms with van der Waals surface area (Å²) < 4.78 is 4.87. The standard InChI is InChI=1S/C12H13NO4/c1-8(14)17-10-7-5-4-6-9(10)11(15)12(16)13(2)3/h4-7H,1-3H3. The topological polar surface area (TPSA) is 63.7 Å². The number of benzene rings is 1. The number of carbonyl (C=O) groups excluding carboxylic acids is 3. The predicted octanol–water partition coefficient (Wildman–Crippen LogP) is 0.883. The first-order chi connectivity index (χ1) is 7.93. The number of amides is 1. The number of ether oxygens (including phenoxy) is 1. The summed E-state index contributed by atoms with van der Waals surface area (Å²) in [5.41, 5.74) is 0.0846. The van der Waals surface area contributed by atoms with E-state index in [1.807, 2.05) is 0 Å². The van der Waals surface area contributed by atoms with Gasteiger partial charge in [-0.05, 0) is 12.1 Å². The molecule has 1 aromatic rings. The van der Waals surface area contributed by atoms with Crippen molar-refractivity contribution in [3.8, 4) is 5.75 Å². The molecule has 0 radical (unpaired) electrons. The average molecular weight is 235 g/mol. The van der Waals surface area contributed by atoms with Gasteiger partial charge in [-0.25, -0.2) is 0 Å². The quantitative estimate of drug-likeness (QED) is 0.338. The molecule has 1 rings (SSSR count). The Morgan fingerprint density at radius 3 is 2.24 bits per heavy atom. The van der Waals surface area contributed by atoms with E-state index < -0.39 is 17.7 Å². The molecular formula is C12H13NO4. The number of hydrogen-bond donors (Lipinski definition) is 0. The Kier molecular flexibility index (Phi) is 3.98. The Balaban J connectivity index is 3.09. The van der Waals surface area contributed by atoms with Gasteiger partial charge in [0.1, 0.15) is 5.75 Å². The predicted molar refractivity (Wildman–Crippen MR) is 60.8 cm³/mol. The zero-order valence-corrected chi connectivity index (χ0v) is 9.89. The first-order valence-electron chi connectivity index (χ1n) is 4.97. The largest absolute Gasteiger partial charge is 0.426 e. The second-order valence-electron chi connectivity index (χ2n) is 3.62. The molecule has 0 fully saturated rings. The number of Topliss-reactive ketones (excluding diaryl/α,β-unsaturated/α-hetero) is 1. The smallest absolute Gasteiger partial charge is 0.308 e. The highest BCUT2D eigenvalue weighted by Gasteiger charge is 2.22. The van der Waals surface area contributed by atoms with Crippen molar-refractivity contribution in [3.63, 3.8) is 0 Å². The van der Waals surface area contributed by atoms with E-state index in [-0.39, 0.29) is 11.3 Å². The maximum atomic E-state index is 11.8. The van der Waals surface area contributed by atoms with Gasteiger partial charge in [0, 0.05) is 21.0 Å². The summed E-state index contributed by atoms with van der Waals surface area (Å²) in [6.45, 7) is 1.23. The molecule has 0 N–H and O–H groups in total. The number of ketones is 1. The van der Waals surface area contributed by atoms with Gasteiger partial charge >= 0.3 is 5.97 Å². The van der Waals surface area contributed by atoms with Crippen LogP contribution in [-0.2, 0) is 9.59 Å². The molecule has 0 bridgehead atoms. The van der Waals surface area contributed by atoms with Crippen molar-refractivity contribution in [3.05, 3.63) is 29.8 Å². The molecule has 0 saturated carbocycles. The zero-order valence-electron chi connectivity index (χ0n) is 9.89. The van der Waals surface area contributed by atoms with Crippen molar-refractivity contribution in [1.82, 2.24) is 4.90 Å². The van der Waals surface area contributed by atoms with Gasteiger partial charge in [0.25, 0.3) is 11.7 Å². The van der Waals surface area contributed by atoms with E-state index in [4.69, 9.17) is 4.74 Å². The van der Waals surface area contributed by atoms with Crippen LogP contribution in [0.3, 0.4) is 0 Å². The number of nitrogens with zero attached hydrogens (tertiary/aromatic N) is 1. The average Bonchev–Trinajstić information content (AvgIpc) is 2.27. The third-order valence-corrected chi connectivity index (χ3v) is 1.99. The van der Waals surface area contributed by atoms with Crippen LogP contribution >= 0.6 is 0 Å². The van der Waals surface area contributed by atoms with Crippen LogP contribution in [0, 0.1) is 0 Å². The summed E-state index contributed by atoms with van der Waals surface area (Å²) in [5.74, 6) is -1.81. The van der Waals surface area contributed by atoms with E-state index >= 15 is 0 Å². The molecule has 0 aliphatic rings.